The molecule has 7 heteroatoms. The molecule has 2 unspecified atom stereocenters. The molecule has 1 aromatic rings. The highest BCUT2D eigenvalue weighted by molar-refractivity contribution is 5.85. The molecular formula is C23H35ClN4O2. The molecular weight excluding hydrogens is 400 g/mol. The van der Waals surface area contributed by atoms with Gasteiger partial charge in [0.2, 0.25) is 11.8 Å². The molecule has 0 bridgehead atoms. The Hall–Kier alpha value is -1.63. The Morgan fingerprint density at radius 2 is 1.90 bits per heavy atom. The van der Waals surface area contributed by atoms with Crippen molar-refractivity contribution >= 4 is 24.2 Å². The van der Waals surface area contributed by atoms with Crippen LogP contribution in [0.5, 0.6) is 0 Å². The van der Waals surface area contributed by atoms with Crippen LogP contribution in [0.1, 0.15) is 50.5 Å². The molecule has 0 radical (unpaired) electrons. The first-order valence-corrected chi connectivity index (χ1v) is 11.2. The number of halogens is 1. The molecule has 30 heavy (non-hydrogen) atoms. The second kappa shape index (κ2) is 10.6. The van der Waals surface area contributed by atoms with Crippen LogP contribution in [0.2, 0.25) is 0 Å². The zero-order valence-corrected chi connectivity index (χ0v) is 18.5. The van der Waals surface area contributed by atoms with Crippen LogP contribution in [0.4, 0.5) is 0 Å². The third-order valence-corrected chi connectivity index (χ3v) is 6.82. The molecule has 2 atom stereocenters. The van der Waals surface area contributed by atoms with Gasteiger partial charge in [0, 0.05) is 13.1 Å². The second-order valence-corrected chi connectivity index (χ2v) is 8.99. The zero-order valence-electron chi connectivity index (χ0n) is 17.7. The highest BCUT2D eigenvalue weighted by Crippen LogP contribution is 2.41. The topological polar surface area (TPSA) is 73.5 Å². The van der Waals surface area contributed by atoms with Gasteiger partial charge in [0.25, 0.3) is 0 Å². The van der Waals surface area contributed by atoms with Crippen LogP contribution in [-0.4, -0.2) is 55.5 Å². The van der Waals surface area contributed by atoms with E-state index in [2.05, 4.69) is 33.0 Å². The molecule has 1 aliphatic carbocycles. The van der Waals surface area contributed by atoms with Crippen molar-refractivity contribution in [2.45, 2.75) is 56.5 Å². The van der Waals surface area contributed by atoms with Crippen LogP contribution >= 0.6 is 12.4 Å². The zero-order chi connectivity index (χ0) is 20.1. The first-order valence-electron chi connectivity index (χ1n) is 11.2. The van der Waals surface area contributed by atoms with Gasteiger partial charge < -0.3 is 16.0 Å². The molecule has 0 aromatic heterocycles. The summed E-state index contributed by atoms with van der Waals surface area (Å²) in [6, 6.07) is 10.3. The lowest BCUT2D eigenvalue weighted by atomic mass is 9.72. The van der Waals surface area contributed by atoms with E-state index in [-0.39, 0.29) is 35.8 Å². The number of carbonyl (C=O) groups excluding carboxylic acids is 2. The number of hydrogen-bond donors (Lipinski definition) is 3. The minimum absolute atomic E-state index is 0. The predicted molar refractivity (Wildman–Crippen MR) is 121 cm³/mol. The summed E-state index contributed by atoms with van der Waals surface area (Å²) in [5, 5.41) is 9.70. The van der Waals surface area contributed by atoms with Crippen LogP contribution in [-0.2, 0) is 15.1 Å². The number of carbonyl (C=O) groups is 2. The normalized spacial score (nSPS) is 25.6. The summed E-state index contributed by atoms with van der Waals surface area (Å²) in [5.74, 6) is 0.675. The SMILES string of the molecule is Cl.O=C(CN1CCCC(CNC(=O)C2CCCN2)C1)NC1(c2ccccc2)CCC1. The molecule has 3 fully saturated rings. The summed E-state index contributed by atoms with van der Waals surface area (Å²) >= 11 is 0. The van der Waals surface area contributed by atoms with E-state index < -0.39 is 0 Å². The molecule has 1 aromatic carbocycles. The van der Waals surface area contributed by atoms with Crippen molar-refractivity contribution in [3.05, 3.63) is 35.9 Å². The van der Waals surface area contributed by atoms with E-state index in [0.717, 1.165) is 64.6 Å². The average Bonchev–Trinajstić information content (AvgIpc) is 3.25. The molecule has 0 spiro atoms. The number of likely N-dealkylation sites (tertiary alicyclic amines) is 1. The van der Waals surface area contributed by atoms with Crippen molar-refractivity contribution in [2.75, 3.05) is 32.7 Å². The quantitative estimate of drug-likeness (QED) is 0.615. The van der Waals surface area contributed by atoms with Crippen molar-refractivity contribution in [3.8, 4) is 0 Å². The fourth-order valence-corrected chi connectivity index (χ4v) is 5.02. The van der Waals surface area contributed by atoms with Crippen LogP contribution < -0.4 is 16.0 Å². The maximum absolute atomic E-state index is 12.8. The minimum atomic E-state index is -0.171. The summed E-state index contributed by atoms with van der Waals surface area (Å²) in [6.45, 7) is 3.94. The second-order valence-electron chi connectivity index (χ2n) is 8.99. The maximum Gasteiger partial charge on any atom is 0.237 e. The molecule has 166 valence electrons. The summed E-state index contributed by atoms with van der Waals surface area (Å²) < 4.78 is 0. The van der Waals surface area contributed by atoms with E-state index in [1.807, 2.05) is 18.2 Å². The van der Waals surface area contributed by atoms with Gasteiger partial charge in [-0.25, -0.2) is 0 Å². The molecule has 3 aliphatic rings. The Kier molecular flexibility index (Phi) is 8.14. The largest absolute Gasteiger partial charge is 0.354 e. The molecule has 1 saturated carbocycles. The van der Waals surface area contributed by atoms with Crippen molar-refractivity contribution < 1.29 is 9.59 Å². The van der Waals surface area contributed by atoms with Gasteiger partial charge in [0.05, 0.1) is 18.1 Å². The smallest absolute Gasteiger partial charge is 0.237 e. The summed E-state index contributed by atoms with van der Waals surface area (Å²) in [6.07, 6.45) is 7.42. The van der Waals surface area contributed by atoms with Crippen LogP contribution in [0.25, 0.3) is 0 Å². The van der Waals surface area contributed by atoms with Gasteiger partial charge in [-0.2, -0.15) is 0 Å². The highest BCUT2D eigenvalue weighted by Gasteiger charge is 2.40. The van der Waals surface area contributed by atoms with E-state index in [4.69, 9.17) is 0 Å². The van der Waals surface area contributed by atoms with E-state index in [1.54, 1.807) is 0 Å². The fourth-order valence-electron chi connectivity index (χ4n) is 5.02. The standard InChI is InChI=1S/C23H34N4O2.ClH/c28-21(26-23(11-6-12-23)19-8-2-1-3-9-19)17-27-14-5-7-18(16-27)15-25-22(29)20-10-4-13-24-20;/h1-3,8-9,18,20,24H,4-7,10-17H2,(H,25,29)(H,26,28);1H. The summed E-state index contributed by atoms with van der Waals surface area (Å²) in [5.41, 5.74) is 1.05. The first-order chi connectivity index (χ1) is 14.1. The average molecular weight is 435 g/mol. The van der Waals surface area contributed by atoms with E-state index in [0.29, 0.717) is 19.0 Å². The number of piperidine rings is 1. The van der Waals surface area contributed by atoms with Gasteiger partial charge in [0.15, 0.2) is 0 Å². The Bertz CT molecular complexity index is 704. The molecule has 4 rings (SSSR count). The molecule has 6 nitrogen and oxygen atoms in total. The summed E-state index contributed by atoms with van der Waals surface area (Å²) in [7, 11) is 0. The lowest BCUT2D eigenvalue weighted by Gasteiger charge is -2.43. The van der Waals surface area contributed by atoms with Crippen molar-refractivity contribution in [1.82, 2.24) is 20.9 Å². The predicted octanol–water partition coefficient (Wildman–Crippen LogP) is 2.18. The summed E-state index contributed by atoms with van der Waals surface area (Å²) in [4.78, 5) is 27.3. The van der Waals surface area contributed by atoms with E-state index >= 15 is 0 Å². The molecule has 2 aliphatic heterocycles. The van der Waals surface area contributed by atoms with Gasteiger partial charge in [0.1, 0.15) is 0 Å². The molecule has 2 heterocycles. The minimum Gasteiger partial charge on any atom is -0.354 e. The lowest BCUT2D eigenvalue weighted by molar-refractivity contribution is -0.126. The van der Waals surface area contributed by atoms with E-state index in [1.165, 1.54) is 5.56 Å². The van der Waals surface area contributed by atoms with Gasteiger partial charge in [-0.15, -0.1) is 12.4 Å². The van der Waals surface area contributed by atoms with Crippen LogP contribution in [0, 0.1) is 5.92 Å². The van der Waals surface area contributed by atoms with E-state index in [9.17, 15) is 9.59 Å². The number of benzene rings is 1. The number of rotatable bonds is 7. The lowest BCUT2D eigenvalue weighted by Crippen LogP contribution is -2.54. The van der Waals surface area contributed by atoms with Gasteiger partial charge in [-0.05, 0) is 69.5 Å². The van der Waals surface area contributed by atoms with Gasteiger partial charge in [-0.1, -0.05) is 30.3 Å². The molecule has 2 saturated heterocycles. The van der Waals surface area contributed by atoms with Crippen molar-refractivity contribution in [1.29, 1.82) is 0 Å². The monoisotopic (exact) mass is 434 g/mol. The first kappa shape index (κ1) is 23.0. The Morgan fingerprint density at radius 1 is 1.10 bits per heavy atom. The number of nitrogens with zero attached hydrogens (tertiary/aromatic N) is 1. The van der Waals surface area contributed by atoms with Gasteiger partial charge in [-0.3, -0.25) is 14.5 Å². The molecule has 3 N–H and O–H groups in total. The number of amides is 2. The van der Waals surface area contributed by atoms with Gasteiger partial charge >= 0.3 is 0 Å². The maximum atomic E-state index is 12.8. The fraction of sp³-hybridized carbons (Fsp3) is 0.652. The highest BCUT2D eigenvalue weighted by atomic mass is 35.5. The number of hydrogen-bond acceptors (Lipinski definition) is 4. The van der Waals surface area contributed by atoms with Crippen LogP contribution in [0.15, 0.2) is 30.3 Å². The van der Waals surface area contributed by atoms with Crippen LogP contribution in [0.3, 0.4) is 0 Å². The Labute approximate surface area is 186 Å². The van der Waals surface area contributed by atoms with Crippen molar-refractivity contribution in [2.24, 2.45) is 5.92 Å². The third-order valence-electron chi connectivity index (χ3n) is 6.82. The van der Waals surface area contributed by atoms with Crippen molar-refractivity contribution in [3.63, 3.8) is 0 Å². The molecule has 2 amide bonds. The number of nitrogens with one attached hydrogen (secondary N) is 3. The Balaban J connectivity index is 0.00000256. The third kappa shape index (κ3) is 5.54. The Morgan fingerprint density at radius 3 is 2.57 bits per heavy atom.